The molecule has 0 aliphatic carbocycles. The summed E-state index contributed by atoms with van der Waals surface area (Å²) < 4.78 is 0. The number of rotatable bonds is 8. The van der Waals surface area contributed by atoms with Gasteiger partial charge in [0.1, 0.15) is 0 Å². The lowest BCUT2D eigenvalue weighted by Gasteiger charge is -2.06. The van der Waals surface area contributed by atoms with Gasteiger partial charge in [0.25, 0.3) is 0 Å². The molecule has 4 N–H and O–H groups in total. The van der Waals surface area contributed by atoms with Gasteiger partial charge in [0.15, 0.2) is 6.29 Å². The molecule has 0 radical (unpaired) electrons. The van der Waals surface area contributed by atoms with Crippen LogP contribution in [-0.4, -0.2) is 23.0 Å². The van der Waals surface area contributed by atoms with Crippen molar-refractivity contribution < 1.29 is 10.2 Å². The van der Waals surface area contributed by atoms with Gasteiger partial charge < -0.3 is 15.9 Å². The van der Waals surface area contributed by atoms with Crippen LogP contribution in [0.2, 0.25) is 0 Å². The largest absolute Gasteiger partial charge is 0.365 e. The molecular weight excluding hydrogens is 166 g/mol. The van der Waals surface area contributed by atoms with Gasteiger partial charge in [-0.1, -0.05) is 25.8 Å². The summed E-state index contributed by atoms with van der Waals surface area (Å²) >= 11 is 0. The zero-order chi connectivity index (χ0) is 10.1. The molecule has 0 aromatic heterocycles. The lowest BCUT2D eigenvalue weighted by Crippen LogP contribution is -2.07. The second kappa shape index (κ2) is 8.23. The molecule has 0 aliphatic heterocycles. The third-order valence-corrected chi connectivity index (χ3v) is 2.07. The molecule has 3 nitrogen and oxygen atoms in total. The first kappa shape index (κ1) is 12.6. The van der Waals surface area contributed by atoms with Gasteiger partial charge in [-0.3, -0.25) is 0 Å². The number of aliphatic hydroxyl groups is 2. The minimum absolute atomic E-state index is 0.513. The van der Waals surface area contributed by atoms with Crippen molar-refractivity contribution in [1.82, 2.24) is 0 Å². The molecule has 0 aromatic carbocycles. The Bertz CT molecular complexity index is 135. The molecule has 0 bridgehead atoms. The van der Waals surface area contributed by atoms with Gasteiger partial charge in [-0.05, 0) is 31.4 Å². The van der Waals surface area contributed by atoms with E-state index in [0.717, 1.165) is 25.8 Å². The second-order valence-electron chi connectivity index (χ2n) is 3.34. The second-order valence-corrected chi connectivity index (χ2v) is 3.34. The van der Waals surface area contributed by atoms with Crippen molar-refractivity contribution in [3.8, 4) is 0 Å². The minimum atomic E-state index is -1.34. The van der Waals surface area contributed by atoms with Gasteiger partial charge in [0, 0.05) is 0 Å². The van der Waals surface area contributed by atoms with E-state index in [-0.39, 0.29) is 0 Å². The lowest BCUT2D eigenvalue weighted by molar-refractivity contribution is -0.0100. The number of hydrogen-bond acceptors (Lipinski definition) is 3. The van der Waals surface area contributed by atoms with E-state index in [1.165, 1.54) is 12.8 Å². The van der Waals surface area contributed by atoms with Crippen LogP contribution in [0.15, 0.2) is 12.2 Å². The summed E-state index contributed by atoms with van der Waals surface area (Å²) in [5.41, 5.74) is 5.86. The molecule has 0 unspecified atom stereocenters. The molecule has 78 valence electrons. The topological polar surface area (TPSA) is 66.5 Å². The summed E-state index contributed by atoms with van der Waals surface area (Å²) in [7, 11) is 0. The highest BCUT2D eigenvalue weighted by molar-refractivity contribution is 4.96. The van der Waals surface area contributed by atoms with Gasteiger partial charge in [-0.25, -0.2) is 0 Å². The summed E-state index contributed by atoms with van der Waals surface area (Å²) in [4.78, 5) is 0. The number of hydrogen-bond donors (Lipinski definition) is 3. The summed E-state index contributed by atoms with van der Waals surface area (Å²) in [6.45, 7) is 4.33. The zero-order valence-electron chi connectivity index (χ0n) is 8.21. The quantitative estimate of drug-likeness (QED) is 0.303. The zero-order valence-corrected chi connectivity index (χ0v) is 8.21. The minimum Gasteiger partial charge on any atom is -0.365 e. The van der Waals surface area contributed by atoms with E-state index in [1.54, 1.807) is 0 Å². The molecule has 13 heavy (non-hydrogen) atoms. The maximum atomic E-state index is 8.70. The fourth-order valence-electron chi connectivity index (χ4n) is 1.16. The number of nitrogens with two attached hydrogens (primary N) is 1. The third kappa shape index (κ3) is 7.96. The first-order valence-electron chi connectivity index (χ1n) is 4.92. The van der Waals surface area contributed by atoms with Crippen molar-refractivity contribution in [1.29, 1.82) is 0 Å². The van der Waals surface area contributed by atoms with E-state index in [4.69, 9.17) is 15.9 Å². The Hall–Kier alpha value is -0.380. The Labute approximate surface area is 80.3 Å². The van der Waals surface area contributed by atoms with Crippen LogP contribution in [0.1, 0.15) is 38.5 Å². The van der Waals surface area contributed by atoms with Crippen molar-refractivity contribution >= 4 is 0 Å². The number of aliphatic hydroxyl groups excluding tert-OH is 1. The van der Waals surface area contributed by atoms with Crippen LogP contribution in [0.4, 0.5) is 0 Å². The monoisotopic (exact) mass is 187 g/mol. The SMILES string of the molecule is C=C(CCCCCCCN)C(O)O. The molecule has 0 rings (SSSR count). The molecule has 0 spiro atoms. The molecule has 0 aliphatic rings. The molecule has 0 heterocycles. The van der Waals surface area contributed by atoms with E-state index in [1.807, 2.05) is 0 Å². The summed E-state index contributed by atoms with van der Waals surface area (Å²) in [5.74, 6) is 0. The van der Waals surface area contributed by atoms with Crippen LogP contribution in [-0.2, 0) is 0 Å². The van der Waals surface area contributed by atoms with Crippen LogP contribution in [0.3, 0.4) is 0 Å². The van der Waals surface area contributed by atoms with Crippen molar-refractivity contribution in [2.45, 2.75) is 44.8 Å². The Morgan fingerprint density at radius 2 is 1.62 bits per heavy atom. The fourth-order valence-corrected chi connectivity index (χ4v) is 1.16. The molecule has 3 heteroatoms. The Kier molecular flexibility index (Phi) is 7.99. The van der Waals surface area contributed by atoms with E-state index < -0.39 is 6.29 Å². The van der Waals surface area contributed by atoms with E-state index in [0.29, 0.717) is 12.0 Å². The highest BCUT2D eigenvalue weighted by atomic mass is 16.5. The number of unbranched alkanes of at least 4 members (excludes halogenated alkanes) is 4. The molecule has 0 amide bonds. The van der Waals surface area contributed by atoms with Crippen LogP contribution in [0, 0.1) is 0 Å². The molecule has 0 aromatic rings. The van der Waals surface area contributed by atoms with Gasteiger partial charge in [0.05, 0.1) is 0 Å². The van der Waals surface area contributed by atoms with Crippen LogP contribution < -0.4 is 5.73 Å². The van der Waals surface area contributed by atoms with Crippen LogP contribution in [0.5, 0.6) is 0 Å². The Balaban J connectivity index is 3.12. The molecule has 0 saturated heterocycles. The van der Waals surface area contributed by atoms with Crippen LogP contribution >= 0.6 is 0 Å². The van der Waals surface area contributed by atoms with Crippen molar-refractivity contribution in [2.75, 3.05) is 6.54 Å². The molecule has 0 fully saturated rings. The standard InChI is InChI=1S/C10H21NO2/c1-9(10(12)13)7-5-3-2-4-6-8-11/h10,12-13H,1-8,11H2. The van der Waals surface area contributed by atoms with E-state index in [2.05, 4.69) is 6.58 Å². The molecular formula is C10H21NO2. The first-order valence-corrected chi connectivity index (χ1v) is 4.92. The van der Waals surface area contributed by atoms with Crippen LogP contribution in [0.25, 0.3) is 0 Å². The smallest absolute Gasteiger partial charge is 0.174 e. The highest BCUT2D eigenvalue weighted by Gasteiger charge is 2.02. The van der Waals surface area contributed by atoms with Crippen molar-refractivity contribution in [2.24, 2.45) is 5.73 Å². The fraction of sp³-hybridized carbons (Fsp3) is 0.800. The molecule has 0 saturated carbocycles. The summed E-state index contributed by atoms with van der Waals surface area (Å²) in [5, 5.41) is 17.4. The highest BCUT2D eigenvalue weighted by Crippen LogP contribution is 2.11. The average molecular weight is 187 g/mol. The average Bonchev–Trinajstić information content (AvgIpc) is 2.10. The van der Waals surface area contributed by atoms with Gasteiger partial charge in [-0.15, -0.1) is 0 Å². The third-order valence-electron chi connectivity index (χ3n) is 2.07. The maximum Gasteiger partial charge on any atom is 0.174 e. The summed E-state index contributed by atoms with van der Waals surface area (Å²) in [6, 6.07) is 0. The van der Waals surface area contributed by atoms with Crippen molar-refractivity contribution in [3.63, 3.8) is 0 Å². The normalized spacial score (nSPS) is 10.8. The van der Waals surface area contributed by atoms with Gasteiger partial charge in [-0.2, -0.15) is 0 Å². The van der Waals surface area contributed by atoms with Gasteiger partial charge >= 0.3 is 0 Å². The lowest BCUT2D eigenvalue weighted by atomic mass is 10.1. The van der Waals surface area contributed by atoms with Gasteiger partial charge in [0.2, 0.25) is 0 Å². The Morgan fingerprint density at radius 3 is 2.15 bits per heavy atom. The predicted molar refractivity (Wildman–Crippen MR) is 54.1 cm³/mol. The van der Waals surface area contributed by atoms with E-state index >= 15 is 0 Å². The van der Waals surface area contributed by atoms with E-state index in [9.17, 15) is 0 Å². The maximum absolute atomic E-state index is 8.70. The first-order chi connectivity index (χ1) is 6.18. The molecule has 0 atom stereocenters. The Morgan fingerprint density at radius 1 is 1.08 bits per heavy atom. The van der Waals surface area contributed by atoms with Crippen molar-refractivity contribution in [3.05, 3.63) is 12.2 Å². The predicted octanol–water partition coefficient (Wildman–Crippen LogP) is 1.15. The summed E-state index contributed by atoms with van der Waals surface area (Å²) in [6.07, 6.45) is 4.90.